The third-order valence-corrected chi connectivity index (χ3v) is 4.51. The van der Waals surface area contributed by atoms with Crippen molar-refractivity contribution in [1.82, 2.24) is 10.2 Å². The Bertz CT molecular complexity index is 513. The molecule has 0 radical (unpaired) electrons. The molecule has 2 fully saturated rings. The first-order valence-electron chi connectivity index (χ1n) is 7.57. The molecule has 1 saturated carbocycles. The fraction of sp³-hybridized carbons (Fsp3) is 0.562. The minimum atomic E-state index is -0.371. The number of ether oxygens (including phenoxy) is 1. The van der Waals surface area contributed by atoms with E-state index in [1.807, 2.05) is 36.1 Å². The summed E-state index contributed by atoms with van der Waals surface area (Å²) in [5.74, 6) is 0.0807. The molecular formula is C16H21ClN2O2. The van der Waals surface area contributed by atoms with E-state index in [2.05, 4.69) is 5.32 Å². The molecule has 1 amide bonds. The van der Waals surface area contributed by atoms with Crippen molar-refractivity contribution < 1.29 is 9.53 Å². The smallest absolute Gasteiger partial charge is 0.253 e. The molecule has 2 aliphatic rings. The number of rotatable bonds is 4. The van der Waals surface area contributed by atoms with Gasteiger partial charge < -0.3 is 15.0 Å². The standard InChI is InChI=1S/C16H21ClN2O2/c1-11(13-4-2-3-5-14(13)17)19(12-6-7-12)16(20)15-10-18-8-9-21-15/h2-5,11-12,15,18H,6-10H2,1H3/t11?,15-/m1/s1. The molecule has 1 N–H and O–H groups in total. The third kappa shape index (κ3) is 3.23. The summed E-state index contributed by atoms with van der Waals surface area (Å²) in [5.41, 5.74) is 1.00. The average Bonchev–Trinajstić information content (AvgIpc) is 3.33. The molecule has 4 nitrogen and oxygen atoms in total. The topological polar surface area (TPSA) is 41.6 Å². The van der Waals surface area contributed by atoms with Gasteiger partial charge in [0.15, 0.2) is 0 Å². The first-order valence-corrected chi connectivity index (χ1v) is 7.95. The van der Waals surface area contributed by atoms with E-state index in [-0.39, 0.29) is 18.1 Å². The summed E-state index contributed by atoms with van der Waals surface area (Å²) in [4.78, 5) is 14.8. The van der Waals surface area contributed by atoms with Crippen LogP contribution in [0.15, 0.2) is 24.3 Å². The van der Waals surface area contributed by atoms with Crippen LogP contribution in [0, 0.1) is 0 Å². The molecule has 21 heavy (non-hydrogen) atoms. The van der Waals surface area contributed by atoms with E-state index in [1.54, 1.807) is 0 Å². The van der Waals surface area contributed by atoms with Gasteiger partial charge in [0.1, 0.15) is 6.10 Å². The summed E-state index contributed by atoms with van der Waals surface area (Å²) in [6.07, 6.45) is 1.77. The molecule has 0 bridgehead atoms. The Labute approximate surface area is 130 Å². The molecular weight excluding hydrogens is 288 g/mol. The van der Waals surface area contributed by atoms with E-state index in [1.165, 1.54) is 0 Å². The Morgan fingerprint density at radius 2 is 2.19 bits per heavy atom. The van der Waals surface area contributed by atoms with E-state index in [0.717, 1.165) is 24.9 Å². The Morgan fingerprint density at radius 1 is 1.43 bits per heavy atom. The van der Waals surface area contributed by atoms with Crippen LogP contribution < -0.4 is 5.32 Å². The Kier molecular flexibility index (Phi) is 4.48. The number of hydrogen-bond acceptors (Lipinski definition) is 3. The molecule has 1 aliphatic carbocycles. The summed E-state index contributed by atoms with van der Waals surface area (Å²) in [7, 11) is 0. The van der Waals surface area contributed by atoms with Gasteiger partial charge in [0.2, 0.25) is 0 Å². The number of carbonyl (C=O) groups excluding carboxylic acids is 1. The van der Waals surface area contributed by atoms with E-state index in [4.69, 9.17) is 16.3 Å². The van der Waals surface area contributed by atoms with Crippen LogP contribution in [-0.2, 0) is 9.53 Å². The van der Waals surface area contributed by atoms with Gasteiger partial charge in [-0.2, -0.15) is 0 Å². The molecule has 1 aliphatic heterocycles. The maximum Gasteiger partial charge on any atom is 0.253 e. The second-order valence-corrected chi connectivity index (χ2v) is 6.14. The van der Waals surface area contributed by atoms with Gasteiger partial charge in [-0.15, -0.1) is 0 Å². The minimum absolute atomic E-state index is 0.0239. The number of nitrogens with zero attached hydrogens (tertiary/aromatic N) is 1. The minimum Gasteiger partial charge on any atom is -0.366 e. The number of amides is 1. The fourth-order valence-corrected chi connectivity index (χ4v) is 3.19. The number of benzene rings is 1. The Balaban J connectivity index is 1.81. The van der Waals surface area contributed by atoms with Gasteiger partial charge in [-0.1, -0.05) is 29.8 Å². The molecule has 114 valence electrons. The summed E-state index contributed by atoms with van der Waals surface area (Å²) in [6, 6.07) is 8.05. The number of carbonyl (C=O) groups is 1. The van der Waals surface area contributed by atoms with Crippen molar-refractivity contribution in [2.45, 2.75) is 38.0 Å². The van der Waals surface area contributed by atoms with Crippen molar-refractivity contribution in [3.8, 4) is 0 Å². The van der Waals surface area contributed by atoms with Gasteiger partial charge in [0, 0.05) is 24.2 Å². The summed E-state index contributed by atoms with van der Waals surface area (Å²) in [5, 5.41) is 3.94. The first kappa shape index (κ1) is 14.8. The zero-order chi connectivity index (χ0) is 14.8. The van der Waals surface area contributed by atoms with Crippen LogP contribution in [0.5, 0.6) is 0 Å². The van der Waals surface area contributed by atoms with Gasteiger partial charge in [-0.25, -0.2) is 0 Å². The molecule has 1 heterocycles. The van der Waals surface area contributed by atoms with Crippen LogP contribution >= 0.6 is 11.6 Å². The maximum atomic E-state index is 12.8. The summed E-state index contributed by atoms with van der Waals surface area (Å²) < 4.78 is 5.63. The van der Waals surface area contributed by atoms with E-state index in [0.29, 0.717) is 24.2 Å². The first-order chi connectivity index (χ1) is 10.2. The van der Waals surface area contributed by atoms with Gasteiger partial charge in [-0.05, 0) is 31.4 Å². The van der Waals surface area contributed by atoms with Gasteiger partial charge in [0.05, 0.1) is 12.6 Å². The number of hydrogen-bond donors (Lipinski definition) is 1. The Hall–Kier alpha value is -1.10. The van der Waals surface area contributed by atoms with Crippen molar-refractivity contribution >= 4 is 17.5 Å². The van der Waals surface area contributed by atoms with Crippen LogP contribution in [0.3, 0.4) is 0 Å². The quantitative estimate of drug-likeness (QED) is 0.928. The second kappa shape index (κ2) is 6.34. The van der Waals surface area contributed by atoms with Crippen molar-refractivity contribution in [3.63, 3.8) is 0 Å². The average molecular weight is 309 g/mol. The lowest BCUT2D eigenvalue weighted by Crippen LogP contribution is -2.50. The van der Waals surface area contributed by atoms with Crippen LogP contribution in [0.2, 0.25) is 5.02 Å². The van der Waals surface area contributed by atoms with Crippen molar-refractivity contribution in [3.05, 3.63) is 34.9 Å². The highest BCUT2D eigenvalue weighted by molar-refractivity contribution is 6.31. The molecule has 1 saturated heterocycles. The van der Waals surface area contributed by atoms with E-state index < -0.39 is 0 Å². The number of morpholine rings is 1. The molecule has 1 aromatic carbocycles. The number of halogens is 1. The van der Waals surface area contributed by atoms with E-state index in [9.17, 15) is 4.79 Å². The van der Waals surface area contributed by atoms with E-state index >= 15 is 0 Å². The number of nitrogens with one attached hydrogen (secondary N) is 1. The van der Waals surface area contributed by atoms with Gasteiger partial charge in [-0.3, -0.25) is 4.79 Å². The normalized spacial score (nSPS) is 23.6. The van der Waals surface area contributed by atoms with Crippen LogP contribution in [-0.4, -0.2) is 42.6 Å². The second-order valence-electron chi connectivity index (χ2n) is 5.74. The fourth-order valence-electron chi connectivity index (χ4n) is 2.89. The lowest BCUT2D eigenvalue weighted by molar-refractivity contribution is -0.148. The molecule has 2 atom stereocenters. The monoisotopic (exact) mass is 308 g/mol. The Morgan fingerprint density at radius 3 is 2.81 bits per heavy atom. The highest BCUT2D eigenvalue weighted by Crippen LogP contribution is 2.37. The van der Waals surface area contributed by atoms with Gasteiger partial charge >= 0.3 is 0 Å². The zero-order valence-electron chi connectivity index (χ0n) is 12.2. The largest absolute Gasteiger partial charge is 0.366 e. The van der Waals surface area contributed by atoms with Crippen molar-refractivity contribution in [2.75, 3.05) is 19.7 Å². The predicted molar refractivity (Wildman–Crippen MR) is 82.3 cm³/mol. The highest BCUT2D eigenvalue weighted by Gasteiger charge is 2.40. The van der Waals surface area contributed by atoms with Crippen molar-refractivity contribution in [1.29, 1.82) is 0 Å². The van der Waals surface area contributed by atoms with Gasteiger partial charge in [0.25, 0.3) is 5.91 Å². The van der Waals surface area contributed by atoms with Crippen LogP contribution in [0.4, 0.5) is 0 Å². The molecule has 5 heteroatoms. The molecule has 1 unspecified atom stereocenters. The van der Waals surface area contributed by atoms with Crippen molar-refractivity contribution in [2.24, 2.45) is 0 Å². The SMILES string of the molecule is CC(c1ccccc1Cl)N(C(=O)[C@H]1CNCCO1)C1CC1. The lowest BCUT2D eigenvalue weighted by atomic mass is 10.1. The molecule has 1 aromatic rings. The third-order valence-electron chi connectivity index (χ3n) is 4.17. The molecule has 0 aromatic heterocycles. The van der Waals surface area contributed by atoms with Crippen LogP contribution in [0.25, 0.3) is 0 Å². The maximum absolute atomic E-state index is 12.8. The van der Waals surface area contributed by atoms with Crippen LogP contribution in [0.1, 0.15) is 31.4 Å². The lowest BCUT2D eigenvalue weighted by Gasteiger charge is -2.34. The highest BCUT2D eigenvalue weighted by atomic mass is 35.5. The molecule has 3 rings (SSSR count). The predicted octanol–water partition coefficient (Wildman–Crippen LogP) is 2.38. The molecule has 0 spiro atoms. The summed E-state index contributed by atoms with van der Waals surface area (Å²) >= 11 is 6.30. The zero-order valence-corrected chi connectivity index (χ0v) is 13.0. The summed E-state index contributed by atoms with van der Waals surface area (Å²) in [6.45, 7) is 4.05.